The first-order valence-corrected chi connectivity index (χ1v) is 6.43. The predicted molar refractivity (Wildman–Crippen MR) is 66.9 cm³/mol. The minimum atomic E-state index is -0.674. The van der Waals surface area contributed by atoms with E-state index >= 15 is 0 Å². The molecule has 0 radical (unpaired) electrons. The van der Waals surface area contributed by atoms with Crippen molar-refractivity contribution in [1.82, 2.24) is 0 Å². The molecule has 1 heterocycles. The summed E-state index contributed by atoms with van der Waals surface area (Å²) in [5.41, 5.74) is 0.442. The number of halogens is 3. The molecule has 16 heavy (non-hydrogen) atoms. The zero-order valence-corrected chi connectivity index (χ0v) is 11.0. The van der Waals surface area contributed by atoms with E-state index in [1.165, 1.54) is 23.5 Å². The van der Waals surface area contributed by atoms with Crippen LogP contribution in [0.25, 0.3) is 0 Å². The van der Waals surface area contributed by atoms with Crippen LogP contribution in [0.1, 0.15) is 15.9 Å². The molecular weight excluding hydrogens is 315 g/mol. The summed E-state index contributed by atoms with van der Waals surface area (Å²) >= 11 is 10.2. The van der Waals surface area contributed by atoms with Gasteiger partial charge in [0.25, 0.3) is 0 Å². The lowest BCUT2D eigenvalue weighted by atomic mass is 10.1. The Bertz CT molecular complexity index is 553. The highest BCUT2D eigenvalue weighted by Crippen LogP contribution is 2.26. The molecule has 82 valence electrons. The van der Waals surface area contributed by atoms with Gasteiger partial charge in [0.05, 0.1) is 10.6 Å². The van der Waals surface area contributed by atoms with Gasteiger partial charge in [-0.15, -0.1) is 0 Å². The molecule has 0 atom stereocenters. The fraction of sp³-hybridized carbons (Fsp3) is 0. The van der Waals surface area contributed by atoms with E-state index in [-0.39, 0.29) is 16.4 Å². The molecule has 0 amide bonds. The summed E-state index contributed by atoms with van der Waals surface area (Å²) in [4.78, 5) is 12.0. The first-order chi connectivity index (χ1) is 7.61. The molecule has 1 aromatic heterocycles. The minimum Gasteiger partial charge on any atom is -0.288 e. The van der Waals surface area contributed by atoms with Crippen molar-refractivity contribution < 1.29 is 9.18 Å². The molecule has 0 bridgehead atoms. The molecule has 1 aromatic carbocycles. The summed E-state index contributed by atoms with van der Waals surface area (Å²) in [6, 6.07) is 4.39. The molecule has 0 saturated carbocycles. The zero-order chi connectivity index (χ0) is 11.7. The molecule has 0 N–H and O–H groups in total. The molecule has 0 unspecified atom stereocenters. The van der Waals surface area contributed by atoms with Crippen molar-refractivity contribution in [2.24, 2.45) is 0 Å². The smallest absolute Gasteiger partial charge is 0.197 e. The van der Waals surface area contributed by atoms with Crippen molar-refractivity contribution in [2.75, 3.05) is 0 Å². The predicted octanol–water partition coefficient (Wildman–Crippen LogP) is 4.53. The average molecular weight is 320 g/mol. The van der Waals surface area contributed by atoms with Crippen molar-refractivity contribution in [3.8, 4) is 0 Å². The number of carbonyl (C=O) groups is 1. The number of ketones is 1. The van der Waals surface area contributed by atoms with Crippen molar-refractivity contribution in [3.05, 3.63) is 55.4 Å². The van der Waals surface area contributed by atoms with Crippen LogP contribution in [0.4, 0.5) is 4.39 Å². The Morgan fingerprint density at radius 1 is 1.31 bits per heavy atom. The summed E-state index contributed by atoms with van der Waals surface area (Å²) in [6.45, 7) is 0. The van der Waals surface area contributed by atoms with Gasteiger partial charge in [-0.1, -0.05) is 17.7 Å². The number of hydrogen-bond acceptors (Lipinski definition) is 2. The number of rotatable bonds is 2. The fourth-order valence-corrected chi connectivity index (χ4v) is 2.90. The SMILES string of the molecule is O=C(c1cscc1Br)c1cccc(Cl)c1F. The van der Waals surface area contributed by atoms with E-state index in [4.69, 9.17) is 11.6 Å². The van der Waals surface area contributed by atoms with Gasteiger partial charge >= 0.3 is 0 Å². The third kappa shape index (κ3) is 2.05. The van der Waals surface area contributed by atoms with Crippen molar-refractivity contribution >= 4 is 44.7 Å². The highest BCUT2D eigenvalue weighted by molar-refractivity contribution is 9.10. The van der Waals surface area contributed by atoms with Crippen molar-refractivity contribution in [1.29, 1.82) is 0 Å². The van der Waals surface area contributed by atoms with Crippen LogP contribution >= 0.6 is 38.9 Å². The monoisotopic (exact) mass is 318 g/mol. The Balaban J connectivity index is 2.50. The number of thiophene rings is 1. The molecule has 0 aliphatic carbocycles. The van der Waals surface area contributed by atoms with Crippen LogP contribution < -0.4 is 0 Å². The summed E-state index contributed by atoms with van der Waals surface area (Å²) < 4.78 is 14.3. The van der Waals surface area contributed by atoms with E-state index in [1.54, 1.807) is 16.8 Å². The molecule has 2 rings (SSSR count). The van der Waals surface area contributed by atoms with Crippen LogP contribution in [0.5, 0.6) is 0 Å². The maximum atomic E-state index is 13.6. The molecule has 0 aliphatic heterocycles. The van der Waals surface area contributed by atoms with Crippen LogP contribution in [0.3, 0.4) is 0 Å². The second-order valence-corrected chi connectivity index (χ2v) is 5.07. The second-order valence-electron chi connectivity index (χ2n) is 3.06. The van der Waals surface area contributed by atoms with Crippen LogP contribution in [0, 0.1) is 5.82 Å². The summed E-state index contributed by atoms with van der Waals surface area (Å²) in [6.07, 6.45) is 0. The molecular formula is C11H5BrClFOS. The Morgan fingerprint density at radius 2 is 2.06 bits per heavy atom. The van der Waals surface area contributed by atoms with Crippen molar-refractivity contribution in [2.45, 2.75) is 0 Å². The standard InChI is InChI=1S/C11H5BrClFOS/c12-8-5-16-4-7(8)11(15)6-2-1-3-9(13)10(6)14/h1-5H. The molecule has 2 aromatic rings. The first-order valence-electron chi connectivity index (χ1n) is 4.31. The maximum absolute atomic E-state index is 13.6. The summed E-state index contributed by atoms with van der Waals surface area (Å²) in [5.74, 6) is -1.04. The quantitative estimate of drug-likeness (QED) is 0.743. The van der Waals surface area contributed by atoms with Gasteiger partial charge in [-0.25, -0.2) is 4.39 Å². The number of benzene rings is 1. The summed E-state index contributed by atoms with van der Waals surface area (Å²) in [5, 5.41) is 3.40. The van der Waals surface area contributed by atoms with E-state index < -0.39 is 5.82 Å². The average Bonchev–Trinajstić information content (AvgIpc) is 2.68. The molecule has 0 saturated heterocycles. The van der Waals surface area contributed by atoms with Crippen LogP contribution in [0.15, 0.2) is 33.4 Å². The minimum absolute atomic E-state index is 0.00778. The lowest BCUT2D eigenvalue weighted by Gasteiger charge is -2.02. The zero-order valence-electron chi connectivity index (χ0n) is 7.84. The Labute approximate surface area is 109 Å². The van der Waals surface area contributed by atoms with E-state index in [9.17, 15) is 9.18 Å². The number of carbonyl (C=O) groups excluding carboxylic acids is 1. The van der Waals surface area contributed by atoms with Crippen LogP contribution in [0.2, 0.25) is 5.02 Å². The van der Waals surface area contributed by atoms with Crippen LogP contribution in [-0.2, 0) is 0 Å². The summed E-state index contributed by atoms with van der Waals surface area (Å²) in [7, 11) is 0. The highest BCUT2D eigenvalue weighted by Gasteiger charge is 2.18. The van der Waals surface area contributed by atoms with Gasteiger partial charge in [-0.3, -0.25) is 4.79 Å². The molecule has 1 nitrogen and oxygen atoms in total. The van der Waals surface area contributed by atoms with E-state index in [1.807, 2.05) is 0 Å². The van der Waals surface area contributed by atoms with Gasteiger partial charge in [0.1, 0.15) is 0 Å². The van der Waals surface area contributed by atoms with E-state index in [0.29, 0.717) is 10.0 Å². The second kappa shape index (κ2) is 4.65. The van der Waals surface area contributed by atoms with Gasteiger partial charge in [0, 0.05) is 20.8 Å². The third-order valence-electron chi connectivity index (χ3n) is 2.06. The number of hydrogen-bond donors (Lipinski definition) is 0. The van der Waals surface area contributed by atoms with Gasteiger partial charge in [0.15, 0.2) is 11.6 Å². The molecule has 5 heteroatoms. The van der Waals surface area contributed by atoms with Gasteiger partial charge in [-0.05, 0) is 28.1 Å². The lowest BCUT2D eigenvalue weighted by Crippen LogP contribution is -2.03. The normalized spacial score (nSPS) is 10.4. The van der Waals surface area contributed by atoms with Crippen LogP contribution in [-0.4, -0.2) is 5.78 Å². The first kappa shape index (κ1) is 11.8. The lowest BCUT2D eigenvalue weighted by molar-refractivity contribution is 0.103. The van der Waals surface area contributed by atoms with E-state index in [2.05, 4.69) is 15.9 Å². The van der Waals surface area contributed by atoms with Crippen molar-refractivity contribution in [3.63, 3.8) is 0 Å². The molecule has 0 spiro atoms. The third-order valence-corrected chi connectivity index (χ3v) is 4.05. The van der Waals surface area contributed by atoms with Gasteiger partial charge < -0.3 is 0 Å². The Kier molecular flexibility index (Phi) is 3.42. The van der Waals surface area contributed by atoms with Gasteiger partial charge in [0.2, 0.25) is 0 Å². The Morgan fingerprint density at radius 3 is 2.69 bits per heavy atom. The fourth-order valence-electron chi connectivity index (χ4n) is 1.27. The molecule has 0 fully saturated rings. The highest BCUT2D eigenvalue weighted by atomic mass is 79.9. The van der Waals surface area contributed by atoms with E-state index in [0.717, 1.165) is 0 Å². The Hall–Kier alpha value is -0.710. The topological polar surface area (TPSA) is 17.1 Å². The maximum Gasteiger partial charge on any atom is 0.197 e. The van der Waals surface area contributed by atoms with Gasteiger partial charge in [-0.2, -0.15) is 11.3 Å². The largest absolute Gasteiger partial charge is 0.288 e. The molecule has 0 aliphatic rings.